The minimum Gasteiger partial charge on any atom is -0.388 e. The fraction of sp³-hybridized carbons (Fsp3) is 0.647. The van der Waals surface area contributed by atoms with Crippen molar-refractivity contribution in [3.05, 3.63) is 24.8 Å². The number of aliphatic hydroxyl groups is 2. The second kappa shape index (κ2) is 12.9. The second-order valence-corrected chi connectivity index (χ2v) is 7.70. The van der Waals surface area contributed by atoms with Crippen LogP contribution in [0.15, 0.2) is 24.8 Å². The second-order valence-electron chi connectivity index (χ2n) is 6.46. The van der Waals surface area contributed by atoms with Gasteiger partial charge in [0.25, 0.3) is 0 Å². The molecule has 1 aliphatic heterocycles. The fourth-order valence-electron chi connectivity index (χ4n) is 2.63. The van der Waals surface area contributed by atoms with E-state index in [1.165, 1.54) is 6.92 Å². The van der Waals surface area contributed by atoms with Crippen LogP contribution in [0.3, 0.4) is 0 Å². The maximum Gasteiger partial charge on any atom is 0.469 e. The highest BCUT2D eigenvalue weighted by molar-refractivity contribution is 7.46. The Balaban J connectivity index is 2.61. The highest BCUT2D eigenvalue weighted by Crippen LogP contribution is 2.37. The molecule has 0 aromatic heterocycles. The van der Waals surface area contributed by atoms with E-state index >= 15 is 0 Å². The zero-order chi connectivity index (χ0) is 22.7. The summed E-state index contributed by atoms with van der Waals surface area (Å²) < 4.78 is 26.1. The van der Waals surface area contributed by atoms with Gasteiger partial charge < -0.3 is 40.1 Å². The maximum atomic E-state index is 11.7. The van der Waals surface area contributed by atoms with Gasteiger partial charge in [0.15, 0.2) is 6.29 Å². The lowest BCUT2D eigenvalue weighted by atomic mass is 9.97. The first kappa shape index (κ1) is 26.4. The first-order chi connectivity index (χ1) is 14.0. The van der Waals surface area contributed by atoms with Gasteiger partial charge in [-0.2, -0.15) is 0 Å². The molecule has 0 saturated carbocycles. The lowest BCUT2D eigenvalue weighted by molar-refractivity contribution is -0.268. The molecule has 0 aromatic carbocycles. The summed E-state index contributed by atoms with van der Waals surface area (Å²) in [6.45, 7) is 4.06. The molecule has 2 amide bonds. The molecule has 0 aliphatic carbocycles. The number of carbonyl (C=O) groups excluding carboxylic acids is 2. The number of amides is 2. The molecule has 0 unspecified atom stereocenters. The third kappa shape index (κ3) is 9.92. The Morgan fingerprint density at radius 2 is 1.97 bits per heavy atom. The molecule has 5 atom stereocenters. The molecular weight excluding hydrogens is 423 g/mol. The molecule has 0 spiro atoms. The normalized spacial score (nSPS) is 27.0. The van der Waals surface area contributed by atoms with Gasteiger partial charge in [-0.05, 0) is 6.42 Å². The Hall–Kier alpha value is -1.63. The molecule has 12 nitrogen and oxygen atoms in total. The van der Waals surface area contributed by atoms with Gasteiger partial charge in [-0.3, -0.25) is 14.1 Å². The molecule has 1 saturated heterocycles. The van der Waals surface area contributed by atoms with Gasteiger partial charge in [-0.25, -0.2) is 4.57 Å². The van der Waals surface area contributed by atoms with Crippen molar-refractivity contribution in [3.63, 3.8) is 0 Å². The van der Waals surface area contributed by atoms with Crippen molar-refractivity contribution in [3.8, 4) is 0 Å². The number of aliphatic hydroxyl groups excluding tert-OH is 2. The molecule has 1 fully saturated rings. The van der Waals surface area contributed by atoms with E-state index in [0.29, 0.717) is 6.42 Å². The molecule has 6 N–H and O–H groups in total. The van der Waals surface area contributed by atoms with Gasteiger partial charge in [-0.1, -0.05) is 24.8 Å². The van der Waals surface area contributed by atoms with Crippen molar-refractivity contribution in [1.29, 1.82) is 0 Å². The lowest BCUT2D eigenvalue weighted by Gasteiger charge is -2.42. The van der Waals surface area contributed by atoms with E-state index in [0.717, 1.165) is 0 Å². The molecule has 1 heterocycles. The third-order valence-corrected chi connectivity index (χ3v) is 4.48. The zero-order valence-corrected chi connectivity index (χ0v) is 17.4. The topological polar surface area (TPSA) is 184 Å². The van der Waals surface area contributed by atoms with E-state index in [4.69, 9.17) is 19.3 Å². The lowest BCUT2D eigenvalue weighted by Crippen LogP contribution is -2.64. The predicted molar refractivity (Wildman–Crippen MR) is 104 cm³/mol. The van der Waals surface area contributed by atoms with E-state index in [1.807, 2.05) is 0 Å². The Morgan fingerprint density at radius 3 is 2.57 bits per heavy atom. The van der Waals surface area contributed by atoms with Crippen LogP contribution in [0.5, 0.6) is 0 Å². The van der Waals surface area contributed by atoms with Crippen molar-refractivity contribution in [2.45, 2.75) is 50.4 Å². The van der Waals surface area contributed by atoms with Gasteiger partial charge in [-0.15, -0.1) is 0 Å². The highest BCUT2D eigenvalue weighted by atomic mass is 31.2. The molecule has 172 valence electrons. The Kier molecular flexibility index (Phi) is 11.4. The highest BCUT2D eigenvalue weighted by Gasteiger charge is 2.46. The first-order valence-electron chi connectivity index (χ1n) is 9.19. The average Bonchev–Trinajstić information content (AvgIpc) is 2.65. The van der Waals surface area contributed by atoms with Crippen molar-refractivity contribution in [2.75, 3.05) is 19.8 Å². The van der Waals surface area contributed by atoms with Crippen LogP contribution < -0.4 is 10.6 Å². The third-order valence-electron chi connectivity index (χ3n) is 3.99. The number of allylic oxidation sites excluding steroid dienone is 3. The minimum atomic E-state index is -4.83. The average molecular weight is 452 g/mol. The molecule has 0 aromatic rings. The van der Waals surface area contributed by atoms with Crippen molar-refractivity contribution < 1.29 is 48.2 Å². The van der Waals surface area contributed by atoms with Crippen molar-refractivity contribution in [1.82, 2.24) is 10.6 Å². The van der Waals surface area contributed by atoms with Crippen LogP contribution in [0.4, 0.5) is 0 Å². The number of rotatable bonds is 12. The van der Waals surface area contributed by atoms with Crippen LogP contribution in [-0.4, -0.2) is 82.2 Å². The number of hydrogen-bond donors (Lipinski definition) is 6. The van der Waals surface area contributed by atoms with Crippen molar-refractivity contribution >= 4 is 19.6 Å². The van der Waals surface area contributed by atoms with Gasteiger partial charge in [0.1, 0.15) is 24.4 Å². The summed E-state index contributed by atoms with van der Waals surface area (Å²) in [6, 6.07) is -1.15. The summed E-state index contributed by atoms with van der Waals surface area (Å²) in [6.07, 6.45) is 0.200. The van der Waals surface area contributed by atoms with Crippen LogP contribution in [0.1, 0.15) is 19.8 Å². The van der Waals surface area contributed by atoms with E-state index in [9.17, 15) is 24.4 Å². The van der Waals surface area contributed by atoms with Crippen LogP contribution in [0.2, 0.25) is 0 Å². The number of ether oxygens (including phenoxy) is 2. The predicted octanol–water partition coefficient (Wildman–Crippen LogP) is -1.30. The number of carbonyl (C=O) groups is 2. The van der Waals surface area contributed by atoms with E-state index in [2.05, 4.69) is 21.7 Å². The summed E-state index contributed by atoms with van der Waals surface area (Å²) in [5.41, 5.74) is 0. The number of phosphoric ester groups is 1. The molecule has 0 radical (unpaired) electrons. The van der Waals surface area contributed by atoms with Crippen LogP contribution in [-0.2, 0) is 28.2 Å². The summed E-state index contributed by atoms with van der Waals surface area (Å²) in [5.74, 6) is -0.729. The zero-order valence-electron chi connectivity index (χ0n) is 16.5. The molecule has 1 rings (SSSR count). The number of phosphoric acid groups is 1. The molecule has 0 bridgehead atoms. The quantitative estimate of drug-likeness (QED) is 0.118. The molecule has 30 heavy (non-hydrogen) atoms. The summed E-state index contributed by atoms with van der Waals surface area (Å²) in [5, 5.41) is 25.4. The van der Waals surface area contributed by atoms with Crippen molar-refractivity contribution in [2.24, 2.45) is 0 Å². The van der Waals surface area contributed by atoms with Gasteiger partial charge in [0, 0.05) is 19.9 Å². The van der Waals surface area contributed by atoms with Gasteiger partial charge in [0.05, 0.1) is 13.2 Å². The minimum absolute atomic E-state index is 0.0517. The van der Waals surface area contributed by atoms with Gasteiger partial charge >= 0.3 is 7.82 Å². The fourth-order valence-corrected chi connectivity index (χ4v) is 2.97. The Morgan fingerprint density at radius 1 is 1.27 bits per heavy atom. The summed E-state index contributed by atoms with van der Waals surface area (Å²) in [4.78, 5) is 40.7. The van der Waals surface area contributed by atoms with E-state index < -0.39 is 51.0 Å². The Labute approximate surface area is 174 Å². The summed E-state index contributed by atoms with van der Waals surface area (Å²) >= 11 is 0. The standard InChI is InChI=1S/C17H29N2O10P/c1-3-4-5-6-7-13(21)18-8-9-27-17-14(19-11(2)20)16(23)15(22)12(29-17)10-28-30(24,25)26/h3-5,12,14-17,22-23H,1,6-10H2,2H3,(H,18,21)(H,19,20)(H2,24,25,26)/b5-4+/t12-,14+,15-,16-,17+/m1/s1. The SMILES string of the molecule is C=C/C=C/CCC(=O)NCCO[C@H]1O[C@H](COP(=O)(O)O)[C@@H](O)[C@H](O)[C@@H]1NC(C)=O. The van der Waals surface area contributed by atoms with E-state index in [1.54, 1.807) is 18.2 Å². The van der Waals surface area contributed by atoms with Crippen LogP contribution >= 0.6 is 7.82 Å². The van der Waals surface area contributed by atoms with Crippen LogP contribution in [0, 0.1) is 0 Å². The monoisotopic (exact) mass is 452 g/mol. The number of nitrogens with one attached hydrogen (secondary N) is 2. The molecular formula is C17H29N2O10P. The van der Waals surface area contributed by atoms with Crippen LogP contribution in [0.25, 0.3) is 0 Å². The maximum absolute atomic E-state index is 11.7. The molecule has 13 heteroatoms. The summed E-state index contributed by atoms with van der Waals surface area (Å²) in [7, 11) is -4.83. The van der Waals surface area contributed by atoms with E-state index in [-0.39, 0.29) is 25.5 Å². The molecule has 1 aliphatic rings. The largest absolute Gasteiger partial charge is 0.469 e. The first-order valence-corrected chi connectivity index (χ1v) is 10.7. The smallest absolute Gasteiger partial charge is 0.388 e. The number of hydrogen-bond acceptors (Lipinski definition) is 8. The van der Waals surface area contributed by atoms with Gasteiger partial charge in [0.2, 0.25) is 11.8 Å². The Bertz CT molecular complexity index is 652.